The Balaban J connectivity index is 5.10. The minimum atomic E-state index is -3.25. The molecule has 0 bridgehead atoms. The molecule has 0 aliphatic heterocycles. The zero-order valence-electron chi connectivity index (χ0n) is 11.3. The molecule has 0 saturated carbocycles. The van der Waals surface area contributed by atoms with Gasteiger partial charge in [0.25, 0.3) is 5.60 Å². The van der Waals surface area contributed by atoms with Crippen molar-refractivity contribution in [2.75, 3.05) is 5.75 Å². The molecule has 0 aliphatic rings. The van der Waals surface area contributed by atoms with Crippen LogP contribution in [0.1, 0.15) is 20.3 Å². The molecular formula is C11H16O9S. The Hall–Kier alpha value is -1.81. The molecular weight excluding hydrogens is 308 g/mol. The smallest absolute Gasteiger partial charge is 0.352 e. The van der Waals surface area contributed by atoms with Crippen LogP contribution in [0.2, 0.25) is 0 Å². The van der Waals surface area contributed by atoms with Crippen molar-refractivity contribution in [1.29, 1.82) is 0 Å². The summed E-state index contributed by atoms with van der Waals surface area (Å²) >= 11 is 0.712. The summed E-state index contributed by atoms with van der Waals surface area (Å²) in [7, 11) is 0. The number of carboxylic acids is 3. The number of aliphatic carboxylic acids is 3. The molecule has 3 unspecified atom stereocenters. The van der Waals surface area contributed by atoms with Crippen LogP contribution in [0.4, 0.5) is 0 Å². The standard InChI is InChI=1S/C11H16O9S/c1-3-7(21-4-6(12)13)20-10(18)11(19,9(16)17)5(2)8(14)15/h5,7,19H,3-4H2,1-2H3,(H,12,13)(H,14,15)(H,16,17). The summed E-state index contributed by atoms with van der Waals surface area (Å²) in [5.74, 6) is -8.89. The van der Waals surface area contributed by atoms with Crippen LogP contribution in [0.25, 0.3) is 0 Å². The van der Waals surface area contributed by atoms with E-state index in [2.05, 4.69) is 0 Å². The third-order valence-electron chi connectivity index (χ3n) is 2.60. The SMILES string of the molecule is CCC(OC(=O)C(O)(C(=O)O)C(C)C(=O)O)SCC(=O)O. The van der Waals surface area contributed by atoms with Gasteiger partial charge in [-0.05, 0) is 13.3 Å². The summed E-state index contributed by atoms with van der Waals surface area (Å²) in [5, 5.41) is 36.0. The second-order valence-corrected chi connectivity index (χ2v) is 5.23. The number of carboxylic acid groups (broad SMARTS) is 3. The molecule has 0 aromatic heterocycles. The summed E-state index contributed by atoms with van der Waals surface area (Å²) in [5.41, 5.74) is -4.26. The minimum absolute atomic E-state index is 0.154. The van der Waals surface area contributed by atoms with Gasteiger partial charge in [0.15, 0.2) is 0 Å². The highest BCUT2D eigenvalue weighted by molar-refractivity contribution is 8.00. The molecule has 0 saturated heterocycles. The number of hydrogen-bond donors (Lipinski definition) is 4. The Morgan fingerprint density at radius 3 is 2.05 bits per heavy atom. The maximum Gasteiger partial charge on any atom is 0.352 e. The second kappa shape index (κ2) is 7.84. The van der Waals surface area contributed by atoms with Gasteiger partial charge in [-0.2, -0.15) is 0 Å². The van der Waals surface area contributed by atoms with Crippen molar-refractivity contribution < 1.29 is 44.3 Å². The fourth-order valence-electron chi connectivity index (χ4n) is 1.24. The molecule has 120 valence electrons. The van der Waals surface area contributed by atoms with Gasteiger partial charge in [-0.1, -0.05) is 6.92 Å². The van der Waals surface area contributed by atoms with E-state index in [4.69, 9.17) is 20.1 Å². The lowest BCUT2D eigenvalue weighted by Gasteiger charge is -2.27. The van der Waals surface area contributed by atoms with E-state index in [-0.39, 0.29) is 6.42 Å². The normalized spacial score (nSPS) is 16.3. The molecule has 0 heterocycles. The zero-order valence-corrected chi connectivity index (χ0v) is 12.1. The van der Waals surface area contributed by atoms with Crippen LogP contribution in [0.5, 0.6) is 0 Å². The maximum absolute atomic E-state index is 11.8. The summed E-state index contributed by atoms with van der Waals surface area (Å²) < 4.78 is 4.71. The van der Waals surface area contributed by atoms with Gasteiger partial charge in [0.1, 0.15) is 11.4 Å². The van der Waals surface area contributed by atoms with Crippen molar-refractivity contribution in [2.45, 2.75) is 31.3 Å². The Labute approximate surface area is 123 Å². The van der Waals surface area contributed by atoms with Crippen LogP contribution in [0.3, 0.4) is 0 Å². The molecule has 21 heavy (non-hydrogen) atoms. The largest absolute Gasteiger partial charge is 0.481 e. The van der Waals surface area contributed by atoms with E-state index in [1.165, 1.54) is 0 Å². The van der Waals surface area contributed by atoms with Crippen LogP contribution in [0.15, 0.2) is 0 Å². The number of ether oxygens (including phenoxy) is 1. The molecule has 10 heteroatoms. The predicted octanol–water partition coefficient (Wildman–Crippen LogP) is -0.380. The van der Waals surface area contributed by atoms with E-state index < -0.39 is 46.6 Å². The van der Waals surface area contributed by atoms with E-state index in [1.54, 1.807) is 6.92 Å². The molecule has 0 radical (unpaired) electrons. The fourth-order valence-corrected chi connectivity index (χ4v) is 1.96. The van der Waals surface area contributed by atoms with Gasteiger partial charge in [-0.3, -0.25) is 9.59 Å². The summed E-state index contributed by atoms with van der Waals surface area (Å²) in [4.78, 5) is 44.1. The summed E-state index contributed by atoms with van der Waals surface area (Å²) in [6.07, 6.45) is 0.154. The van der Waals surface area contributed by atoms with Crippen molar-refractivity contribution in [3.05, 3.63) is 0 Å². The molecule has 3 atom stereocenters. The van der Waals surface area contributed by atoms with Gasteiger partial charge in [-0.15, -0.1) is 11.8 Å². The van der Waals surface area contributed by atoms with Gasteiger partial charge < -0.3 is 25.2 Å². The number of rotatable bonds is 9. The van der Waals surface area contributed by atoms with E-state index in [9.17, 15) is 24.3 Å². The van der Waals surface area contributed by atoms with Crippen molar-refractivity contribution in [3.8, 4) is 0 Å². The highest BCUT2D eigenvalue weighted by Gasteiger charge is 2.54. The quantitative estimate of drug-likeness (QED) is 0.250. The van der Waals surface area contributed by atoms with E-state index in [1.807, 2.05) is 0 Å². The zero-order chi connectivity index (χ0) is 16.8. The topological polar surface area (TPSA) is 158 Å². The van der Waals surface area contributed by atoms with E-state index in [0.29, 0.717) is 11.8 Å². The lowest BCUT2D eigenvalue weighted by molar-refractivity contribution is -0.192. The Morgan fingerprint density at radius 1 is 1.19 bits per heavy atom. The molecule has 0 amide bonds. The number of thioether (sulfide) groups is 1. The van der Waals surface area contributed by atoms with Crippen molar-refractivity contribution in [1.82, 2.24) is 0 Å². The monoisotopic (exact) mass is 324 g/mol. The van der Waals surface area contributed by atoms with E-state index in [0.717, 1.165) is 6.92 Å². The average Bonchev–Trinajstić information content (AvgIpc) is 2.40. The molecule has 0 aliphatic carbocycles. The van der Waals surface area contributed by atoms with Gasteiger partial charge in [0.2, 0.25) is 0 Å². The van der Waals surface area contributed by atoms with Crippen LogP contribution in [-0.4, -0.2) is 61.1 Å². The summed E-state index contributed by atoms with van der Waals surface area (Å²) in [6.45, 7) is 2.40. The molecule has 4 N–H and O–H groups in total. The molecule has 0 fully saturated rings. The van der Waals surface area contributed by atoms with Crippen LogP contribution >= 0.6 is 11.8 Å². The second-order valence-electron chi connectivity index (χ2n) is 4.08. The van der Waals surface area contributed by atoms with Crippen LogP contribution in [-0.2, 0) is 23.9 Å². The fraction of sp³-hybridized carbons (Fsp3) is 0.636. The third-order valence-corrected chi connectivity index (χ3v) is 3.81. The Bertz CT molecular complexity index is 435. The van der Waals surface area contributed by atoms with Crippen LogP contribution in [0, 0.1) is 5.92 Å². The lowest BCUT2D eigenvalue weighted by atomic mass is 9.89. The van der Waals surface area contributed by atoms with E-state index >= 15 is 0 Å². The minimum Gasteiger partial charge on any atom is -0.481 e. The molecule has 0 spiro atoms. The Kier molecular flexibility index (Phi) is 7.16. The predicted molar refractivity (Wildman–Crippen MR) is 69.7 cm³/mol. The summed E-state index contributed by atoms with van der Waals surface area (Å²) in [6, 6.07) is 0. The number of carbonyl (C=O) groups excluding carboxylic acids is 1. The molecule has 9 nitrogen and oxygen atoms in total. The van der Waals surface area contributed by atoms with Gasteiger partial charge in [0.05, 0.1) is 5.75 Å². The van der Waals surface area contributed by atoms with Crippen LogP contribution < -0.4 is 0 Å². The number of carbonyl (C=O) groups is 4. The third kappa shape index (κ3) is 4.90. The lowest BCUT2D eigenvalue weighted by Crippen LogP contribution is -2.55. The maximum atomic E-state index is 11.8. The first-order valence-electron chi connectivity index (χ1n) is 5.80. The highest BCUT2D eigenvalue weighted by Crippen LogP contribution is 2.24. The molecule has 0 aromatic rings. The number of aliphatic hydroxyl groups is 1. The van der Waals surface area contributed by atoms with Crippen molar-refractivity contribution >= 4 is 35.6 Å². The van der Waals surface area contributed by atoms with Gasteiger partial charge in [0, 0.05) is 0 Å². The molecule has 0 rings (SSSR count). The Morgan fingerprint density at radius 2 is 1.71 bits per heavy atom. The van der Waals surface area contributed by atoms with Gasteiger partial charge >= 0.3 is 23.9 Å². The van der Waals surface area contributed by atoms with Crippen molar-refractivity contribution in [2.24, 2.45) is 5.92 Å². The van der Waals surface area contributed by atoms with Crippen molar-refractivity contribution in [3.63, 3.8) is 0 Å². The highest BCUT2D eigenvalue weighted by atomic mass is 32.2. The first kappa shape index (κ1) is 19.2. The first-order valence-corrected chi connectivity index (χ1v) is 6.85. The number of esters is 1. The average molecular weight is 324 g/mol. The first-order chi connectivity index (χ1) is 9.57. The number of hydrogen-bond acceptors (Lipinski definition) is 7. The van der Waals surface area contributed by atoms with Gasteiger partial charge in [-0.25, -0.2) is 9.59 Å². The molecule has 0 aromatic carbocycles.